The normalized spacial score (nSPS) is 34.1. The van der Waals surface area contributed by atoms with Gasteiger partial charge in [-0.3, -0.25) is 4.79 Å². The van der Waals surface area contributed by atoms with Crippen molar-refractivity contribution >= 4 is 5.91 Å². The molecule has 2 heteroatoms. The van der Waals surface area contributed by atoms with Gasteiger partial charge in [-0.1, -0.05) is 6.92 Å². The molecule has 0 radical (unpaired) electrons. The summed E-state index contributed by atoms with van der Waals surface area (Å²) < 4.78 is 0. The maximum Gasteiger partial charge on any atom is 0.225 e. The summed E-state index contributed by atoms with van der Waals surface area (Å²) in [4.78, 5) is 13.8. The van der Waals surface area contributed by atoms with Crippen molar-refractivity contribution in [3.63, 3.8) is 0 Å². The molecule has 0 aliphatic heterocycles. The Labute approximate surface area is 80.3 Å². The van der Waals surface area contributed by atoms with Gasteiger partial charge >= 0.3 is 0 Å². The highest BCUT2D eigenvalue weighted by Crippen LogP contribution is 2.41. The number of carbonyl (C=O) groups excluding carboxylic acids is 1. The van der Waals surface area contributed by atoms with Crippen molar-refractivity contribution in [1.29, 1.82) is 0 Å². The second-order valence-electron chi connectivity index (χ2n) is 4.85. The van der Waals surface area contributed by atoms with Gasteiger partial charge in [0.25, 0.3) is 0 Å². The molecule has 2 aliphatic carbocycles. The second kappa shape index (κ2) is 3.00. The van der Waals surface area contributed by atoms with Crippen molar-refractivity contribution in [2.24, 2.45) is 17.8 Å². The first-order valence-corrected chi connectivity index (χ1v) is 5.38. The molecule has 2 rings (SSSR count). The number of hydrogen-bond donors (Lipinski definition) is 0. The van der Waals surface area contributed by atoms with Gasteiger partial charge in [-0.05, 0) is 38.0 Å². The molecule has 2 fully saturated rings. The summed E-state index contributed by atoms with van der Waals surface area (Å²) in [6.45, 7) is 4.35. The van der Waals surface area contributed by atoms with Crippen molar-refractivity contribution in [3.8, 4) is 0 Å². The molecule has 3 atom stereocenters. The Morgan fingerprint density at radius 3 is 2.38 bits per heavy atom. The third-order valence-electron chi connectivity index (χ3n) is 3.69. The van der Waals surface area contributed by atoms with E-state index in [0.29, 0.717) is 23.8 Å². The van der Waals surface area contributed by atoms with Crippen molar-refractivity contribution < 1.29 is 4.79 Å². The Morgan fingerprint density at radius 1 is 1.46 bits per heavy atom. The van der Waals surface area contributed by atoms with Crippen molar-refractivity contribution in [2.75, 3.05) is 7.05 Å². The Balaban J connectivity index is 1.87. The van der Waals surface area contributed by atoms with Crippen LogP contribution < -0.4 is 0 Å². The van der Waals surface area contributed by atoms with Crippen LogP contribution in [0.4, 0.5) is 0 Å². The molecule has 2 saturated carbocycles. The first-order chi connectivity index (χ1) is 6.11. The number of hydrogen-bond acceptors (Lipinski definition) is 1. The molecular formula is C11H19NO. The fraction of sp³-hybridized carbons (Fsp3) is 0.909. The summed E-state index contributed by atoms with van der Waals surface area (Å²) in [6, 6.07) is 0.472. The van der Waals surface area contributed by atoms with E-state index in [4.69, 9.17) is 0 Å². The third kappa shape index (κ3) is 1.72. The van der Waals surface area contributed by atoms with E-state index in [1.807, 2.05) is 11.9 Å². The van der Waals surface area contributed by atoms with Crippen molar-refractivity contribution in [1.82, 2.24) is 4.90 Å². The molecule has 0 unspecified atom stereocenters. The molecule has 0 saturated heterocycles. The second-order valence-corrected chi connectivity index (χ2v) is 4.85. The molecular weight excluding hydrogens is 162 g/mol. The maximum atomic E-state index is 11.8. The van der Waals surface area contributed by atoms with Gasteiger partial charge < -0.3 is 4.90 Å². The lowest BCUT2D eigenvalue weighted by Gasteiger charge is -2.25. The largest absolute Gasteiger partial charge is 0.343 e. The van der Waals surface area contributed by atoms with Crippen molar-refractivity contribution in [2.45, 2.75) is 39.2 Å². The van der Waals surface area contributed by atoms with Crippen LogP contribution in [-0.4, -0.2) is 23.9 Å². The predicted octanol–water partition coefficient (Wildman–Crippen LogP) is 1.90. The van der Waals surface area contributed by atoms with Gasteiger partial charge in [-0.15, -0.1) is 0 Å². The lowest BCUT2D eigenvalue weighted by atomic mass is 10.1. The number of amides is 1. The van der Waals surface area contributed by atoms with E-state index >= 15 is 0 Å². The first-order valence-electron chi connectivity index (χ1n) is 5.38. The first kappa shape index (κ1) is 9.04. The minimum Gasteiger partial charge on any atom is -0.343 e. The van der Waals surface area contributed by atoms with Gasteiger partial charge in [0, 0.05) is 19.0 Å². The molecule has 0 aromatic carbocycles. The highest BCUT2D eigenvalue weighted by molar-refractivity contribution is 5.81. The van der Waals surface area contributed by atoms with Gasteiger partial charge in [-0.25, -0.2) is 0 Å². The molecule has 13 heavy (non-hydrogen) atoms. The standard InChI is InChI=1S/C11H19NO/c1-7-6-10(7)11(13)12(3)8(2)9-4-5-9/h7-10H,4-6H2,1-3H3/t7-,8-,10+/m1/s1. The molecule has 0 bridgehead atoms. The Morgan fingerprint density at radius 2 is 2.00 bits per heavy atom. The van der Waals surface area contributed by atoms with Gasteiger partial charge in [0.05, 0.1) is 0 Å². The summed E-state index contributed by atoms with van der Waals surface area (Å²) in [5, 5.41) is 0. The Hall–Kier alpha value is -0.530. The van der Waals surface area contributed by atoms with Gasteiger partial charge in [0.2, 0.25) is 5.91 Å². The third-order valence-corrected chi connectivity index (χ3v) is 3.69. The fourth-order valence-electron chi connectivity index (χ4n) is 2.02. The summed E-state index contributed by atoms with van der Waals surface area (Å²) in [6.07, 6.45) is 3.75. The average Bonchev–Trinajstić information content (AvgIpc) is 2.93. The van der Waals surface area contributed by atoms with Gasteiger partial charge in [-0.2, -0.15) is 0 Å². The number of carbonyl (C=O) groups is 1. The zero-order valence-corrected chi connectivity index (χ0v) is 8.79. The van der Waals surface area contributed by atoms with Crippen molar-refractivity contribution in [3.05, 3.63) is 0 Å². The highest BCUT2D eigenvalue weighted by Gasteiger charge is 2.43. The molecule has 0 aromatic heterocycles. The Kier molecular flexibility index (Phi) is 2.09. The predicted molar refractivity (Wildman–Crippen MR) is 52.2 cm³/mol. The van der Waals surface area contributed by atoms with E-state index in [1.165, 1.54) is 12.8 Å². The van der Waals surface area contributed by atoms with E-state index in [9.17, 15) is 4.79 Å². The summed E-state index contributed by atoms with van der Waals surface area (Å²) in [5.74, 6) is 2.17. The highest BCUT2D eigenvalue weighted by atomic mass is 16.2. The van der Waals surface area contributed by atoms with E-state index in [2.05, 4.69) is 13.8 Å². The lowest BCUT2D eigenvalue weighted by Crippen LogP contribution is -2.37. The average molecular weight is 181 g/mol. The molecule has 2 aliphatic rings. The number of rotatable bonds is 3. The van der Waals surface area contributed by atoms with Crippen LogP contribution in [0.2, 0.25) is 0 Å². The van der Waals surface area contributed by atoms with E-state index in [-0.39, 0.29) is 0 Å². The van der Waals surface area contributed by atoms with Crippen LogP contribution in [0.5, 0.6) is 0 Å². The number of nitrogens with zero attached hydrogens (tertiary/aromatic N) is 1. The van der Waals surface area contributed by atoms with Crippen LogP contribution in [0.1, 0.15) is 33.1 Å². The van der Waals surface area contributed by atoms with Crippen LogP contribution in [0, 0.1) is 17.8 Å². The molecule has 0 N–H and O–H groups in total. The summed E-state index contributed by atoms with van der Waals surface area (Å²) >= 11 is 0. The zero-order valence-electron chi connectivity index (χ0n) is 8.79. The minimum atomic E-state index is 0.353. The SMILES string of the molecule is C[C@@H]1C[C@@H]1C(=O)N(C)[C@H](C)C1CC1. The topological polar surface area (TPSA) is 20.3 Å². The van der Waals surface area contributed by atoms with E-state index in [1.54, 1.807) is 0 Å². The van der Waals surface area contributed by atoms with Crippen LogP contribution in [0.3, 0.4) is 0 Å². The van der Waals surface area contributed by atoms with E-state index < -0.39 is 0 Å². The molecule has 74 valence electrons. The quantitative estimate of drug-likeness (QED) is 0.651. The smallest absolute Gasteiger partial charge is 0.225 e. The Bertz CT molecular complexity index is 222. The van der Waals surface area contributed by atoms with E-state index in [0.717, 1.165) is 12.3 Å². The van der Waals surface area contributed by atoms with Gasteiger partial charge in [0.1, 0.15) is 0 Å². The van der Waals surface area contributed by atoms with Crippen LogP contribution >= 0.6 is 0 Å². The monoisotopic (exact) mass is 181 g/mol. The van der Waals surface area contributed by atoms with Crippen LogP contribution in [0.25, 0.3) is 0 Å². The van der Waals surface area contributed by atoms with Crippen LogP contribution in [-0.2, 0) is 4.79 Å². The summed E-state index contributed by atoms with van der Waals surface area (Å²) in [5.41, 5.74) is 0. The molecule has 0 aromatic rings. The fourth-order valence-corrected chi connectivity index (χ4v) is 2.02. The maximum absolute atomic E-state index is 11.8. The lowest BCUT2D eigenvalue weighted by molar-refractivity contribution is -0.133. The van der Waals surface area contributed by atoms with Crippen LogP contribution in [0.15, 0.2) is 0 Å². The minimum absolute atomic E-state index is 0.353. The zero-order chi connectivity index (χ0) is 9.59. The molecule has 0 heterocycles. The molecule has 0 spiro atoms. The summed E-state index contributed by atoms with van der Waals surface area (Å²) in [7, 11) is 1.97. The van der Waals surface area contributed by atoms with Gasteiger partial charge in [0.15, 0.2) is 0 Å². The molecule has 1 amide bonds. The molecule has 2 nitrogen and oxygen atoms in total.